The third kappa shape index (κ3) is 4.89. The maximum atomic E-state index is 12.1. The van der Waals surface area contributed by atoms with Crippen LogP contribution in [0.25, 0.3) is 0 Å². The molecule has 0 radical (unpaired) electrons. The van der Waals surface area contributed by atoms with E-state index in [1.165, 1.54) is 23.5 Å². The van der Waals surface area contributed by atoms with E-state index in [4.69, 9.17) is 4.74 Å². The van der Waals surface area contributed by atoms with E-state index >= 15 is 0 Å². The Labute approximate surface area is 137 Å². The first-order valence-corrected chi connectivity index (χ1v) is 8.42. The third-order valence-electron chi connectivity index (χ3n) is 2.64. The third-order valence-corrected chi connectivity index (χ3v) is 5.12. The summed E-state index contributed by atoms with van der Waals surface area (Å²) in [4.78, 5) is 13.8. The van der Waals surface area contributed by atoms with Crippen molar-refractivity contribution >= 4 is 29.5 Å². The minimum atomic E-state index is -0.464. The van der Waals surface area contributed by atoms with Crippen LogP contribution in [0.1, 0.15) is 6.92 Å². The summed E-state index contributed by atoms with van der Waals surface area (Å²) in [6, 6.07) is 13.3. The molecule has 0 aromatic heterocycles. The fourth-order valence-corrected chi connectivity index (χ4v) is 3.90. The second kappa shape index (κ2) is 8.00. The zero-order chi connectivity index (χ0) is 15.9. The molecule has 0 aliphatic heterocycles. The highest BCUT2D eigenvalue weighted by Gasteiger charge is 2.22. The van der Waals surface area contributed by atoms with E-state index in [0.717, 1.165) is 9.79 Å². The predicted octanol–water partition coefficient (Wildman–Crippen LogP) is 3.87. The highest BCUT2D eigenvalue weighted by molar-refractivity contribution is 8.18. The second-order valence-electron chi connectivity index (χ2n) is 4.31. The van der Waals surface area contributed by atoms with Crippen LogP contribution in [0.15, 0.2) is 58.3 Å². The van der Waals surface area contributed by atoms with Crippen molar-refractivity contribution in [3.05, 3.63) is 48.5 Å². The fourth-order valence-electron chi connectivity index (χ4n) is 1.63. The molecule has 0 fully saturated rings. The number of aromatic hydroxyl groups is 2. The summed E-state index contributed by atoms with van der Waals surface area (Å²) < 4.78 is 4.65. The molecule has 116 valence electrons. The summed E-state index contributed by atoms with van der Waals surface area (Å²) in [5, 5.41) is 18.6. The zero-order valence-electron chi connectivity index (χ0n) is 11.9. The van der Waals surface area contributed by atoms with Gasteiger partial charge in [-0.2, -0.15) is 0 Å². The molecule has 2 N–H and O–H groups in total. The monoisotopic (exact) mass is 336 g/mol. The molecule has 22 heavy (non-hydrogen) atoms. The first-order chi connectivity index (χ1) is 10.6. The quantitative estimate of drug-likeness (QED) is 0.474. The molecule has 0 bridgehead atoms. The summed E-state index contributed by atoms with van der Waals surface area (Å²) in [6.45, 7) is 2.09. The van der Waals surface area contributed by atoms with Crippen molar-refractivity contribution in [1.82, 2.24) is 0 Å². The lowest BCUT2D eigenvalue weighted by atomic mass is 10.3. The molecule has 0 saturated heterocycles. The molecule has 2 rings (SSSR count). The molecule has 6 heteroatoms. The van der Waals surface area contributed by atoms with E-state index < -0.39 is 4.58 Å². The number of thioether (sulfide) groups is 2. The van der Waals surface area contributed by atoms with Gasteiger partial charge >= 0.3 is 5.97 Å². The largest absolute Gasteiger partial charge is 0.508 e. The van der Waals surface area contributed by atoms with Crippen molar-refractivity contribution in [3.8, 4) is 11.5 Å². The number of carbonyl (C=O) groups is 1. The zero-order valence-corrected chi connectivity index (χ0v) is 13.6. The molecule has 0 unspecified atom stereocenters. The first-order valence-electron chi connectivity index (χ1n) is 6.66. The fraction of sp³-hybridized carbons (Fsp3) is 0.188. The lowest BCUT2D eigenvalue weighted by Gasteiger charge is -2.15. The van der Waals surface area contributed by atoms with Gasteiger partial charge in [0.2, 0.25) is 0 Å². The SMILES string of the molecule is CCOC(=O)C(Sc1ccc(O)cc1)Sc1ccc(O)cc1. The van der Waals surface area contributed by atoms with E-state index in [1.807, 2.05) is 0 Å². The molecule has 0 saturated carbocycles. The topological polar surface area (TPSA) is 66.8 Å². The number of ether oxygens (including phenoxy) is 1. The van der Waals surface area contributed by atoms with E-state index in [2.05, 4.69) is 0 Å². The number of hydrogen-bond acceptors (Lipinski definition) is 6. The van der Waals surface area contributed by atoms with Crippen LogP contribution in [0.5, 0.6) is 11.5 Å². The normalized spacial score (nSPS) is 10.6. The Morgan fingerprint density at radius 1 is 0.955 bits per heavy atom. The van der Waals surface area contributed by atoms with Crippen LogP contribution < -0.4 is 0 Å². The smallest absolute Gasteiger partial charge is 0.330 e. The van der Waals surface area contributed by atoms with Gasteiger partial charge < -0.3 is 14.9 Å². The second-order valence-corrected chi connectivity index (χ2v) is 6.96. The summed E-state index contributed by atoms with van der Waals surface area (Å²) in [6.07, 6.45) is 0. The number of esters is 1. The van der Waals surface area contributed by atoms with Gasteiger partial charge in [-0.15, -0.1) is 0 Å². The summed E-state index contributed by atoms with van der Waals surface area (Å²) in [5.74, 6) is 0.0603. The molecule has 0 spiro atoms. The summed E-state index contributed by atoms with van der Waals surface area (Å²) in [5.41, 5.74) is 0. The van der Waals surface area contributed by atoms with Gasteiger partial charge in [0.15, 0.2) is 4.58 Å². The van der Waals surface area contributed by atoms with E-state index in [0.29, 0.717) is 6.61 Å². The number of benzene rings is 2. The highest BCUT2D eigenvalue weighted by Crippen LogP contribution is 2.37. The van der Waals surface area contributed by atoms with Gasteiger partial charge in [-0.3, -0.25) is 0 Å². The Bertz CT molecular complexity index is 564. The van der Waals surface area contributed by atoms with Crippen molar-refractivity contribution < 1.29 is 19.7 Å². The Morgan fingerprint density at radius 2 is 1.36 bits per heavy atom. The van der Waals surface area contributed by atoms with Crippen molar-refractivity contribution in [3.63, 3.8) is 0 Å². The van der Waals surface area contributed by atoms with Gasteiger partial charge in [-0.1, -0.05) is 23.5 Å². The number of carbonyl (C=O) groups excluding carboxylic acids is 1. The number of phenolic OH excluding ortho intramolecular Hbond substituents is 2. The van der Waals surface area contributed by atoms with Gasteiger partial charge in [-0.25, -0.2) is 4.79 Å². The van der Waals surface area contributed by atoms with Crippen LogP contribution in [0.3, 0.4) is 0 Å². The van der Waals surface area contributed by atoms with E-state index in [-0.39, 0.29) is 17.5 Å². The van der Waals surface area contributed by atoms with Crippen molar-refractivity contribution in [1.29, 1.82) is 0 Å². The molecule has 0 aliphatic rings. The lowest BCUT2D eigenvalue weighted by molar-refractivity contribution is -0.140. The number of hydrogen-bond donors (Lipinski definition) is 2. The molecule has 0 amide bonds. The molecule has 2 aromatic carbocycles. The van der Waals surface area contributed by atoms with Crippen LogP contribution in [0, 0.1) is 0 Å². The van der Waals surface area contributed by atoms with Gasteiger partial charge in [0.1, 0.15) is 11.5 Å². The Morgan fingerprint density at radius 3 is 1.73 bits per heavy atom. The molecule has 4 nitrogen and oxygen atoms in total. The highest BCUT2D eigenvalue weighted by atomic mass is 32.2. The number of phenols is 2. The predicted molar refractivity (Wildman–Crippen MR) is 88.3 cm³/mol. The van der Waals surface area contributed by atoms with Crippen molar-refractivity contribution in [2.45, 2.75) is 21.3 Å². The minimum Gasteiger partial charge on any atom is -0.508 e. The van der Waals surface area contributed by atoms with Crippen LogP contribution in [-0.2, 0) is 9.53 Å². The van der Waals surface area contributed by atoms with Gasteiger partial charge in [0.25, 0.3) is 0 Å². The Balaban J connectivity index is 2.13. The summed E-state index contributed by atoms with van der Waals surface area (Å²) >= 11 is 2.72. The molecule has 0 atom stereocenters. The van der Waals surface area contributed by atoms with Gasteiger partial charge in [0, 0.05) is 9.79 Å². The van der Waals surface area contributed by atoms with E-state index in [9.17, 15) is 15.0 Å². The molecule has 2 aromatic rings. The van der Waals surface area contributed by atoms with Crippen molar-refractivity contribution in [2.75, 3.05) is 6.61 Å². The van der Waals surface area contributed by atoms with Crippen LogP contribution in [0.2, 0.25) is 0 Å². The maximum absolute atomic E-state index is 12.1. The van der Waals surface area contributed by atoms with Gasteiger partial charge in [-0.05, 0) is 55.5 Å². The maximum Gasteiger partial charge on any atom is 0.330 e. The average Bonchev–Trinajstić information content (AvgIpc) is 2.51. The standard InChI is InChI=1S/C16H16O4S2/c1-2-20-15(19)16(21-13-7-3-11(17)4-8-13)22-14-9-5-12(18)6-10-14/h3-10,16-18H,2H2,1H3. The average molecular weight is 336 g/mol. The van der Waals surface area contributed by atoms with Crippen LogP contribution >= 0.6 is 23.5 Å². The Hall–Kier alpha value is -1.79. The van der Waals surface area contributed by atoms with Gasteiger partial charge in [0.05, 0.1) is 6.61 Å². The van der Waals surface area contributed by atoms with Crippen LogP contribution in [0.4, 0.5) is 0 Å². The molecule has 0 aliphatic carbocycles. The number of rotatable bonds is 6. The van der Waals surface area contributed by atoms with Crippen molar-refractivity contribution in [2.24, 2.45) is 0 Å². The lowest BCUT2D eigenvalue weighted by Crippen LogP contribution is -2.16. The molecule has 0 heterocycles. The summed E-state index contributed by atoms with van der Waals surface area (Å²) in [7, 11) is 0. The van der Waals surface area contributed by atoms with Crippen LogP contribution in [-0.4, -0.2) is 27.4 Å². The molecular weight excluding hydrogens is 320 g/mol. The first kappa shape index (κ1) is 16.6. The Kier molecular flexibility index (Phi) is 6.03. The molecular formula is C16H16O4S2. The van der Waals surface area contributed by atoms with E-state index in [1.54, 1.807) is 55.5 Å². The minimum absolute atomic E-state index is 0.184.